The second kappa shape index (κ2) is 6.55. The second-order valence-corrected chi connectivity index (χ2v) is 4.20. The number of ether oxygens (including phenoxy) is 1. The van der Waals surface area contributed by atoms with E-state index >= 15 is 0 Å². The van der Waals surface area contributed by atoms with E-state index in [4.69, 9.17) is 0 Å². The molecule has 2 nitrogen and oxygen atoms in total. The van der Waals surface area contributed by atoms with Crippen LogP contribution in [0.15, 0.2) is 66.8 Å². The first-order chi connectivity index (χ1) is 9.29. The number of benzene rings is 2. The van der Waals surface area contributed by atoms with E-state index in [-0.39, 0.29) is 5.97 Å². The molecule has 0 saturated heterocycles. The number of allylic oxidation sites excluding steroid dienone is 3. The molecule has 0 bridgehead atoms. The van der Waals surface area contributed by atoms with Crippen LogP contribution in [-0.4, -0.2) is 13.1 Å². The van der Waals surface area contributed by atoms with E-state index in [1.54, 1.807) is 6.08 Å². The average molecular weight is 252 g/mol. The van der Waals surface area contributed by atoms with Gasteiger partial charge in [-0.1, -0.05) is 60.7 Å². The Morgan fingerprint density at radius 2 is 1.89 bits per heavy atom. The lowest BCUT2D eigenvalue weighted by molar-refractivity contribution is -0.134. The molecule has 0 fully saturated rings. The fourth-order valence-corrected chi connectivity index (χ4v) is 1.85. The van der Waals surface area contributed by atoms with E-state index in [2.05, 4.69) is 35.1 Å². The summed E-state index contributed by atoms with van der Waals surface area (Å²) < 4.78 is 4.50. The van der Waals surface area contributed by atoms with Crippen molar-refractivity contribution in [2.75, 3.05) is 7.11 Å². The number of hydrogen-bond donors (Lipinski definition) is 0. The molecule has 0 heterocycles. The lowest BCUT2D eigenvalue weighted by Gasteiger charge is -2.00. The highest BCUT2D eigenvalue weighted by atomic mass is 16.5. The minimum atomic E-state index is -0.338. The number of fused-ring (bicyclic) bond motifs is 1. The Morgan fingerprint density at radius 3 is 2.68 bits per heavy atom. The number of carbonyl (C=O) groups is 1. The van der Waals surface area contributed by atoms with Crippen molar-refractivity contribution in [3.05, 3.63) is 72.3 Å². The van der Waals surface area contributed by atoms with E-state index in [0.717, 1.165) is 6.42 Å². The Kier molecular flexibility index (Phi) is 4.51. The molecule has 0 aromatic heterocycles. The minimum Gasteiger partial charge on any atom is -0.466 e. The van der Waals surface area contributed by atoms with E-state index in [9.17, 15) is 4.79 Å². The summed E-state index contributed by atoms with van der Waals surface area (Å²) in [5.41, 5.74) is 1.25. The van der Waals surface area contributed by atoms with Gasteiger partial charge in [-0.25, -0.2) is 4.79 Å². The van der Waals surface area contributed by atoms with Gasteiger partial charge in [0.25, 0.3) is 0 Å². The average Bonchev–Trinajstić information content (AvgIpc) is 2.46. The number of carbonyl (C=O) groups excluding carboxylic acids is 1. The van der Waals surface area contributed by atoms with Crippen molar-refractivity contribution < 1.29 is 9.53 Å². The molecule has 2 heteroatoms. The highest BCUT2D eigenvalue weighted by Gasteiger charge is 1.94. The first kappa shape index (κ1) is 13.1. The van der Waals surface area contributed by atoms with Crippen LogP contribution < -0.4 is 0 Å². The molecule has 0 aliphatic rings. The van der Waals surface area contributed by atoms with Gasteiger partial charge in [0.2, 0.25) is 0 Å². The predicted octanol–water partition coefficient (Wildman–Crippen LogP) is 3.67. The third-order valence-electron chi connectivity index (χ3n) is 2.85. The van der Waals surface area contributed by atoms with Crippen LogP contribution in [0, 0.1) is 0 Å². The molecule has 0 N–H and O–H groups in total. The number of esters is 1. The van der Waals surface area contributed by atoms with Crippen LogP contribution in [0.5, 0.6) is 0 Å². The summed E-state index contributed by atoms with van der Waals surface area (Å²) in [5.74, 6) is -0.338. The standard InChI is InChI=1S/C17H16O2/c1-19-17(18)10-4-2-3-7-14-11-12-15-8-5-6-9-16(15)13-14/h2-6,8-13H,7H2,1H3. The van der Waals surface area contributed by atoms with Gasteiger partial charge in [-0.15, -0.1) is 0 Å². The molecule has 19 heavy (non-hydrogen) atoms. The van der Waals surface area contributed by atoms with Crippen molar-refractivity contribution in [3.63, 3.8) is 0 Å². The quantitative estimate of drug-likeness (QED) is 0.471. The van der Waals surface area contributed by atoms with Crippen molar-refractivity contribution >= 4 is 16.7 Å². The normalized spacial score (nSPS) is 11.4. The van der Waals surface area contributed by atoms with Crippen molar-refractivity contribution in [2.45, 2.75) is 6.42 Å². The van der Waals surface area contributed by atoms with Crippen LogP contribution in [-0.2, 0) is 16.0 Å². The molecule has 0 unspecified atom stereocenters. The van der Waals surface area contributed by atoms with E-state index < -0.39 is 0 Å². The van der Waals surface area contributed by atoms with Gasteiger partial charge in [-0.05, 0) is 22.8 Å². The van der Waals surface area contributed by atoms with E-state index in [0.29, 0.717) is 0 Å². The Hall–Kier alpha value is -2.35. The Bertz CT molecular complexity index is 624. The maximum atomic E-state index is 10.8. The SMILES string of the molecule is COC(=O)C=CC=CCc1ccc2ccccc2c1. The second-order valence-electron chi connectivity index (χ2n) is 4.20. The van der Waals surface area contributed by atoms with Crippen LogP contribution >= 0.6 is 0 Å². The molecule has 2 aromatic carbocycles. The zero-order valence-corrected chi connectivity index (χ0v) is 10.9. The maximum absolute atomic E-state index is 10.8. The first-order valence-corrected chi connectivity index (χ1v) is 6.18. The van der Waals surface area contributed by atoms with Crippen LogP contribution in [0.2, 0.25) is 0 Å². The molecule has 0 spiro atoms. The summed E-state index contributed by atoms with van der Waals surface area (Å²) >= 11 is 0. The van der Waals surface area contributed by atoms with Gasteiger partial charge >= 0.3 is 5.97 Å². The van der Waals surface area contributed by atoms with Gasteiger partial charge in [-0.3, -0.25) is 0 Å². The van der Waals surface area contributed by atoms with E-state index in [1.807, 2.05) is 24.3 Å². The van der Waals surface area contributed by atoms with Gasteiger partial charge in [0.05, 0.1) is 7.11 Å². The largest absolute Gasteiger partial charge is 0.466 e. The van der Waals surface area contributed by atoms with Crippen LogP contribution in [0.1, 0.15) is 5.56 Å². The molecule has 0 saturated carbocycles. The molecule has 0 aliphatic heterocycles. The summed E-state index contributed by atoms with van der Waals surface area (Å²) in [6.07, 6.45) is 7.80. The zero-order chi connectivity index (χ0) is 13.5. The molecule has 0 radical (unpaired) electrons. The molecular weight excluding hydrogens is 236 g/mol. The van der Waals surface area contributed by atoms with Crippen molar-refractivity contribution in [1.82, 2.24) is 0 Å². The summed E-state index contributed by atoms with van der Waals surface area (Å²) in [4.78, 5) is 10.8. The highest BCUT2D eigenvalue weighted by Crippen LogP contribution is 2.16. The molecule has 2 rings (SSSR count). The lowest BCUT2D eigenvalue weighted by atomic mass is 10.1. The fraction of sp³-hybridized carbons (Fsp3) is 0.118. The third kappa shape index (κ3) is 3.81. The zero-order valence-electron chi connectivity index (χ0n) is 10.9. The van der Waals surface area contributed by atoms with Crippen molar-refractivity contribution in [2.24, 2.45) is 0 Å². The lowest BCUT2D eigenvalue weighted by Crippen LogP contribution is -1.92. The van der Waals surface area contributed by atoms with Crippen molar-refractivity contribution in [1.29, 1.82) is 0 Å². The molecule has 0 atom stereocenters. The smallest absolute Gasteiger partial charge is 0.330 e. The monoisotopic (exact) mass is 252 g/mol. The Balaban J connectivity index is 2.00. The fourth-order valence-electron chi connectivity index (χ4n) is 1.85. The summed E-state index contributed by atoms with van der Waals surface area (Å²) in [6, 6.07) is 14.7. The molecule has 96 valence electrons. The van der Waals surface area contributed by atoms with Crippen LogP contribution in [0.3, 0.4) is 0 Å². The molecule has 0 aliphatic carbocycles. The number of hydrogen-bond acceptors (Lipinski definition) is 2. The number of rotatable bonds is 4. The van der Waals surface area contributed by atoms with Crippen LogP contribution in [0.25, 0.3) is 10.8 Å². The summed E-state index contributed by atoms with van der Waals surface area (Å²) in [5, 5.41) is 2.50. The Morgan fingerprint density at radius 1 is 1.11 bits per heavy atom. The van der Waals surface area contributed by atoms with Gasteiger partial charge in [0, 0.05) is 6.08 Å². The number of methoxy groups -OCH3 is 1. The predicted molar refractivity (Wildman–Crippen MR) is 77.9 cm³/mol. The van der Waals surface area contributed by atoms with Gasteiger partial charge in [-0.2, -0.15) is 0 Å². The first-order valence-electron chi connectivity index (χ1n) is 6.18. The molecular formula is C17H16O2. The molecule has 0 amide bonds. The van der Waals surface area contributed by atoms with Crippen LogP contribution in [0.4, 0.5) is 0 Å². The highest BCUT2D eigenvalue weighted by molar-refractivity contribution is 5.83. The maximum Gasteiger partial charge on any atom is 0.330 e. The van der Waals surface area contributed by atoms with Gasteiger partial charge < -0.3 is 4.74 Å². The van der Waals surface area contributed by atoms with Gasteiger partial charge in [0.1, 0.15) is 0 Å². The summed E-state index contributed by atoms with van der Waals surface area (Å²) in [6.45, 7) is 0. The van der Waals surface area contributed by atoms with Crippen molar-refractivity contribution in [3.8, 4) is 0 Å². The Labute approximate surface area is 113 Å². The third-order valence-corrected chi connectivity index (χ3v) is 2.85. The topological polar surface area (TPSA) is 26.3 Å². The summed E-state index contributed by atoms with van der Waals surface area (Å²) in [7, 11) is 1.37. The van der Waals surface area contributed by atoms with E-state index in [1.165, 1.54) is 29.5 Å². The molecule has 2 aromatic rings. The van der Waals surface area contributed by atoms with Gasteiger partial charge in [0.15, 0.2) is 0 Å². The minimum absolute atomic E-state index is 0.338.